The largest absolute Gasteiger partial charge is 0.578 e. The van der Waals surface area contributed by atoms with Gasteiger partial charge >= 0.3 is 11.9 Å². The van der Waals surface area contributed by atoms with Gasteiger partial charge in [-0.2, -0.15) is 0 Å². The number of anilines is 1. The highest BCUT2D eigenvalue weighted by molar-refractivity contribution is 6.09. The third kappa shape index (κ3) is 7.60. The summed E-state index contributed by atoms with van der Waals surface area (Å²) in [6, 6.07) is 3.10. The van der Waals surface area contributed by atoms with Crippen molar-refractivity contribution in [1.82, 2.24) is 0 Å². The van der Waals surface area contributed by atoms with Gasteiger partial charge in [0.2, 0.25) is 0 Å². The number of nitrogens with zero attached hydrogens (tertiary/aromatic N) is 2. The molecule has 1 fully saturated rings. The van der Waals surface area contributed by atoms with E-state index in [9.17, 15) is 4.79 Å². The molecular formula is C34H43N4O6+. The summed E-state index contributed by atoms with van der Waals surface area (Å²) in [6.07, 6.45) is 20.2. The second-order valence-corrected chi connectivity index (χ2v) is 11.4. The number of ether oxygens (including phenoxy) is 4. The van der Waals surface area contributed by atoms with Gasteiger partial charge in [-0.3, -0.25) is 10.2 Å². The average Bonchev–Trinajstić information content (AvgIpc) is 3.56. The fourth-order valence-electron chi connectivity index (χ4n) is 5.60. The second-order valence-electron chi connectivity index (χ2n) is 11.4. The van der Waals surface area contributed by atoms with Gasteiger partial charge in [-0.1, -0.05) is 24.3 Å². The van der Waals surface area contributed by atoms with Gasteiger partial charge in [-0.25, -0.2) is 0 Å². The molecule has 1 aromatic rings. The third-order valence-corrected chi connectivity index (χ3v) is 8.19. The highest BCUT2D eigenvalue weighted by Crippen LogP contribution is 2.41. The quantitative estimate of drug-likeness (QED) is 0.161. The number of nitrogens with two attached hydrogens (primary N) is 1. The Kier molecular flexibility index (Phi) is 10.2. The Labute approximate surface area is 258 Å². The van der Waals surface area contributed by atoms with Gasteiger partial charge < -0.3 is 34.7 Å². The first-order valence-corrected chi connectivity index (χ1v) is 15.4. The smallest absolute Gasteiger partial charge is 0.366 e. The molecule has 234 valence electrons. The van der Waals surface area contributed by atoms with Crippen LogP contribution in [-0.2, 0) is 14.3 Å². The molecule has 10 nitrogen and oxygen atoms in total. The lowest BCUT2D eigenvalue weighted by Crippen LogP contribution is -2.35. The van der Waals surface area contributed by atoms with Crippen LogP contribution in [0.1, 0.15) is 56.9 Å². The van der Waals surface area contributed by atoms with E-state index in [0.29, 0.717) is 36.5 Å². The Hall–Kier alpha value is -4.31. The zero-order valence-electron chi connectivity index (χ0n) is 25.5. The maximum Gasteiger partial charge on any atom is 0.366 e. The van der Waals surface area contributed by atoms with E-state index in [-0.39, 0.29) is 36.5 Å². The van der Waals surface area contributed by atoms with Crippen molar-refractivity contribution in [3.05, 3.63) is 71.4 Å². The number of fused-ring (bicyclic) bond motifs is 1. The standard InChI is InChI=1S/C34H42N4O6/c1-38-18-16-29(43-25-14-12-22(13-15-25)32(36)37-33(39)23-8-4-3-5-9-23)26-20-30(41-2)31(21-28(26)38)42-19-17-27(35)34(40)44-24-10-6-7-11-24/h4,8-9,12-14,16,20-21,24-25,27H,3,5-7,10-11,15,17-19,35H2,1-2H3,(H2,36,37,39)/p+1/t25?,27-/m0/s1. The zero-order chi connectivity index (χ0) is 31.1. The minimum absolute atomic E-state index is 0.0103. The van der Waals surface area contributed by atoms with E-state index in [1.165, 1.54) is 0 Å². The predicted octanol–water partition coefficient (Wildman–Crippen LogP) is 4.72. The zero-order valence-corrected chi connectivity index (χ0v) is 25.5. The topological polar surface area (TPSA) is 142 Å². The Morgan fingerprint density at radius 2 is 1.95 bits per heavy atom. The molecule has 0 bridgehead atoms. The van der Waals surface area contributed by atoms with Crippen LogP contribution in [0.3, 0.4) is 0 Å². The van der Waals surface area contributed by atoms with Crippen molar-refractivity contribution in [2.24, 2.45) is 10.7 Å². The van der Waals surface area contributed by atoms with Crippen molar-refractivity contribution in [3.8, 4) is 11.5 Å². The number of hydrogen-bond donors (Lipinski definition) is 2. The molecule has 0 spiro atoms. The number of hydrogen-bond acceptors (Lipinski definition) is 8. The first kappa shape index (κ1) is 31.1. The van der Waals surface area contributed by atoms with Gasteiger partial charge in [0.05, 0.1) is 25.0 Å². The van der Waals surface area contributed by atoms with Crippen molar-refractivity contribution < 1.29 is 28.8 Å². The number of nitrogens with one attached hydrogen (secondary N) is 1. The fourth-order valence-corrected chi connectivity index (χ4v) is 5.60. The van der Waals surface area contributed by atoms with E-state index in [1.807, 2.05) is 61.7 Å². The SMILES string of the molecule is COc1cc2c(cc1OCC[C@H](N)C(=O)OC1CCCC1)N(C)CC=C2OC1C=CC(C(=N)N=C([OH2+])C2=CCCC=C2)=CC1. The summed E-state index contributed by atoms with van der Waals surface area (Å²) in [4.78, 5) is 18.7. The number of methoxy groups -OCH3 is 1. The van der Waals surface area contributed by atoms with Gasteiger partial charge in [-0.15, -0.1) is 4.99 Å². The normalized spacial score (nSPS) is 20.7. The summed E-state index contributed by atoms with van der Waals surface area (Å²) >= 11 is 0. The van der Waals surface area contributed by atoms with Crippen LogP contribution < -0.4 is 20.1 Å². The summed E-state index contributed by atoms with van der Waals surface area (Å²) in [7, 11) is 3.59. The molecule has 1 unspecified atom stereocenters. The van der Waals surface area contributed by atoms with E-state index < -0.39 is 6.04 Å². The van der Waals surface area contributed by atoms with E-state index >= 15 is 0 Å². The highest BCUT2D eigenvalue weighted by Gasteiger charge is 2.26. The van der Waals surface area contributed by atoms with Crippen molar-refractivity contribution in [2.75, 3.05) is 32.2 Å². The molecular weight excluding hydrogens is 560 g/mol. The van der Waals surface area contributed by atoms with Crippen LogP contribution in [0.25, 0.3) is 5.76 Å². The number of aliphatic imine (C=N–C) groups is 1. The Morgan fingerprint density at radius 1 is 1.14 bits per heavy atom. The molecule has 4 aliphatic rings. The van der Waals surface area contributed by atoms with Crippen molar-refractivity contribution in [2.45, 2.75) is 69.6 Å². The molecule has 5 rings (SSSR count). The maximum atomic E-state index is 12.4. The van der Waals surface area contributed by atoms with Gasteiger partial charge in [0.25, 0.3) is 0 Å². The second kappa shape index (κ2) is 14.4. The predicted molar refractivity (Wildman–Crippen MR) is 173 cm³/mol. The Bertz CT molecular complexity index is 1430. The van der Waals surface area contributed by atoms with Crippen molar-refractivity contribution >= 4 is 29.1 Å². The van der Waals surface area contributed by atoms with Crippen LogP contribution in [-0.4, -0.2) is 68.4 Å². The van der Waals surface area contributed by atoms with Crippen LogP contribution in [0, 0.1) is 5.41 Å². The molecule has 5 N–H and O–H groups in total. The molecule has 0 radical (unpaired) electrons. The number of rotatable bonds is 11. The summed E-state index contributed by atoms with van der Waals surface area (Å²) in [6.45, 7) is 0.898. The average molecular weight is 604 g/mol. The van der Waals surface area contributed by atoms with Gasteiger partial charge in [0.15, 0.2) is 17.3 Å². The maximum absolute atomic E-state index is 12.4. The summed E-state index contributed by atoms with van der Waals surface area (Å²) < 4.78 is 23.7. The molecule has 1 saturated carbocycles. The third-order valence-electron chi connectivity index (χ3n) is 8.19. The summed E-state index contributed by atoms with van der Waals surface area (Å²) in [5.74, 6) is 1.66. The van der Waals surface area contributed by atoms with E-state index in [4.69, 9.17) is 35.2 Å². The molecule has 1 aromatic carbocycles. The number of carbonyl (C=O) groups is 1. The van der Waals surface area contributed by atoms with E-state index in [2.05, 4.69) is 9.89 Å². The lowest BCUT2D eigenvalue weighted by atomic mass is 10.0. The number of amidine groups is 1. The minimum Gasteiger partial charge on any atom is -0.578 e. The number of allylic oxidation sites excluding steroid dienone is 2. The van der Waals surface area contributed by atoms with Gasteiger partial charge in [0.1, 0.15) is 24.0 Å². The lowest BCUT2D eigenvalue weighted by molar-refractivity contribution is -0.150. The number of esters is 1. The van der Waals surface area contributed by atoms with Crippen LogP contribution in [0.15, 0.2) is 70.8 Å². The number of carbonyl (C=O) groups excluding carboxylic acids is 1. The summed E-state index contributed by atoms with van der Waals surface area (Å²) in [5.41, 5.74) is 9.33. The molecule has 3 aliphatic carbocycles. The van der Waals surface area contributed by atoms with Crippen molar-refractivity contribution in [1.29, 1.82) is 5.41 Å². The molecule has 44 heavy (non-hydrogen) atoms. The van der Waals surface area contributed by atoms with Gasteiger partial charge in [0, 0.05) is 43.6 Å². The monoisotopic (exact) mass is 603 g/mol. The molecule has 10 heteroatoms. The number of benzene rings is 1. The van der Waals surface area contributed by atoms with Crippen LogP contribution >= 0.6 is 0 Å². The molecule has 2 atom stereocenters. The first-order valence-electron chi connectivity index (χ1n) is 15.4. The summed E-state index contributed by atoms with van der Waals surface area (Å²) in [5, 5.41) is 16.6. The van der Waals surface area contributed by atoms with Crippen LogP contribution in [0.2, 0.25) is 0 Å². The van der Waals surface area contributed by atoms with E-state index in [1.54, 1.807) is 7.11 Å². The molecule has 0 saturated heterocycles. The minimum atomic E-state index is -0.737. The van der Waals surface area contributed by atoms with E-state index in [0.717, 1.165) is 61.1 Å². The highest BCUT2D eigenvalue weighted by atomic mass is 16.5. The molecule has 1 heterocycles. The van der Waals surface area contributed by atoms with Crippen LogP contribution in [0.4, 0.5) is 5.69 Å². The van der Waals surface area contributed by atoms with Crippen molar-refractivity contribution in [3.63, 3.8) is 0 Å². The Balaban J connectivity index is 1.19. The number of likely N-dealkylation sites (N-methyl/N-ethyl adjacent to an activating group) is 1. The fraction of sp³-hybridized carbons (Fsp3) is 0.441. The van der Waals surface area contributed by atoms with Gasteiger partial charge in [-0.05, 0) is 62.8 Å². The van der Waals surface area contributed by atoms with Crippen LogP contribution in [0.5, 0.6) is 11.5 Å². The molecule has 1 aliphatic heterocycles. The first-order chi connectivity index (χ1) is 21.3. The molecule has 0 amide bonds. The Morgan fingerprint density at radius 3 is 2.66 bits per heavy atom. The molecule has 0 aromatic heterocycles. The lowest BCUT2D eigenvalue weighted by Gasteiger charge is -2.30.